The highest BCUT2D eigenvalue weighted by molar-refractivity contribution is 7.39. The number of hydrogen-bond donors (Lipinski definition) is 0. The molecular formula is C22H24S5. The van der Waals surface area contributed by atoms with Crippen LogP contribution in [0, 0.1) is 55.4 Å². The minimum absolute atomic E-state index is 1.47. The van der Waals surface area contributed by atoms with Crippen molar-refractivity contribution >= 4 is 84.9 Å². The summed E-state index contributed by atoms with van der Waals surface area (Å²) in [6.45, 7) is 17.8. The quantitative estimate of drug-likeness (QED) is 0.221. The van der Waals surface area contributed by atoms with Crippen molar-refractivity contribution < 1.29 is 0 Å². The van der Waals surface area contributed by atoms with Gasteiger partial charge in [-0.15, -0.1) is 56.7 Å². The van der Waals surface area contributed by atoms with E-state index in [9.17, 15) is 0 Å². The van der Waals surface area contributed by atoms with E-state index in [0.717, 1.165) is 0 Å². The number of aryl methyl sites for hydroxylation is 8. The smallest absolute Gasteiger partial charge is 0.0635 e. The SMILES string of the molecule is Cc1sc2c(C)c(C)sc2c1C.Cc1sc2c(sc3c(C)c(C)sc32)c1C. The first-order chi connectivity index (χ1) is 12.7. The van der Waals surface area contributed by atoms with Gasteiger partial charge in [-0.1, -0.05) is 0 Å². The fraction of sp³-hybridized carbons (Fsp3) is 0.364. The molecule has 0 N–H and O–H groups in total. The largest absolute Gasteiger partial charge is 0.139 e. The fourth-order valence-corrected chi connectivity index (χ4v) is 10.0. The zero-order chi connectivity index (χ0) is 19.6. The Hall–Kier alpha value is -0.720. The third-order valence-corrected chi connectivity index (χ3v) is 12.6. The van der Waals surface area contributed by atoms with Crippen LogP contribution in [0.15, 0.2) is 0 Å². The summed E-state index contributed by atoms with van der Waals surface area (Å²) in [4.78, 5) is 5.89. The number of hydrogen-bond acceptors (Lipinski definition) is 5. The Morgan fingerprint density at radius 2 is 0.519 bits per heavy atom. The average molecular weight is 449 g/mol. The molecule has 0 amide bonds. The van der Waals surface area contributed by atoms with E-state index in [4.69, 9.17) is 0 Å². The molecule has 0 saturated heterocycles. The zero-order valence-corrected chi connectivity index (χ0v) is 21.1. The van der Waals surface area contributed by atoms with Gasteiger partial charge in [-0.05, 0) is 77.6 Å². The molecule has 0 aliphatic carbocycles. The Labute approximate surface area is 181 Å². The molecule has 5 aromatic heterocycles. The van der Waals surface area contributed by atoms with Crippen LogP contribution in [0.1, 0.15) is 41.8 Å². The Morgan fingerprint density at radius 1 is 0.296 bits per heavy atom. The van der Waals surface area contributed by atoms with Gasteiger partial charge in [0.2, 0.25) is 0 Å². The standard InChI is InChI=1S/C12H12S3.C10H12S2/c1-5-7(3)13-11-9(5)15-10-6(2)8(4)14-12(10)11;1-5-7(3)11-10-6(2)8(4)12-9(5)10/h1-4H3;1-4H3. The van der Waals surface area contributed by atoms with E-state index in [-0.39, 0.29) is 0 Å². The van der Waals surface area contributed by atoms with Gasteiger partial charge in [-0.25, -0.2) is 0 Å². The third kappa shape index (κ3) is 3.03. The molecule has 5 aromatic rings. The van der Waals surface area contributed by atoms with E-state index in [1.54, 1.807) is 0 Å². The minimum atomic E-state index is 1.47. The Bertz CT molecular complexity index is 1200. The first-order valence-electron chi connectivity index (χ1n) is 9.04. The lowest BCUT2D eigenvalue weighted by molar-refractivity contribution is 1.48. The summed E-state index contributed by atoms with van der Waals surface area (Å²) in [5.41, 5.74) is 5.94. The molecule has 0 atom stereocenters. The lowest BCUT2D eigenvalue weighted by atomic mass is 10.2. The van der Waals surface area contributed by atoms with Crippen LogP contribution in [0.4, 0.5) is 0 Å². The van der Waals surface area contributed by atoms with Crippen molar-refractivity contribution in [3.8, 4) is 0 Å². The number of rotatable bonds is 0. The van der Waals surface area contributed by atoms with Gasteiger partial charge in [-0.3, -0.25) is 0 Å². The second kappa shape index (κ2) is 6.96. The maximum absolute atomic E-state index is 2.25. The van der Waals surface area contributed by atoms with Gasteiger partial charge in [-0.2, -0.15) is 0 Å². The summed E-state index contributed by atoms with van der Waals surface area (Å²) in [7, 11) is 0. The Morgan fingerprint density at radius 3 is 0.815 bits per heavy atom. The van der Waals surface area contributed by atoms with Gasteiger partial charge < -0.3 is 0 Å². The van der Waals surface area contributed by atoms with Crippen molar-refractivity contribution in [2.24, 2.45) is 0 Å². The van der Waals surface area contributed by atoms with Crippen LogP contribution >= 0.6 is 56.7 Å². The number of fused-ring (bicyclic) bond motifs is 4. The summed E-state index contributed by atoms with van der Waals surface area (Å²) in [5.74, 6) is 0. The second-order valence-electron chi connectivity index (χ2n) is 7.21. The van der Waals surface area contributed by atoms with Crippen molar-refractivity contribution in [1.82, 2.24) is 0 Å². The predicted octanol–water partition coefficient (Wildman–Crippen LogP) is 9.61. The molecule has 0 unspecified atom stereocenters. The molecule has 0 aromatic carbocycles. The maximum Gasteiger partial charge on any atom is 0.0635 e. The van der Waals surface area contributed by atoms with Crippen LogP contribution < -0.4 is 0 Å². The first kappa shape index (κ1) is 19.6. The lowest BCUT2D eigenvalue weighted by Gasteiger charge is -1.87. The van der Waals surface area contributed by atoms with Gasteiger partial charge >= 0.3 is 0 Å². The van der Waals surface area contributed by atoms with Crippen LogP contribution in [0.3, 0.4) is 0 Å². The van der Waals surface area contributed by atoms with Crippen molar-refractivity contribution in [3.05, 3.63) is 41.8 Å². The van der Waals surface area contributed by atoms with E-state index in [2.05, 4.69) is 55.4 Å². The molecule has 0 spiro atoms. The molecule has 5 heteroatoms. The summed E-state index contributed by atoms with van der Waals surface area (Å²) < 4.78 is 9.08. The summed E-state index contributed by atoms with van der Waals surface area (Å²) in [6.07, 6.45) is 0. The van der Waals surface area contributed by atoms with Gasteiger partial charge in [0.05, 0.1) is 18.8 Å². The van der Waals surface area contributed by atoms with E-state index in [0.29, 0.717) is 0 Å². The monoisotopic (exact) mass is 448 g/mol. The molecular weight excluding hydrogens is 425 g/mol. The summed E-state index contributed by atoms with van der Waals surface area (Å²) in [5, 5.41) is 0. The van der Waals surface area contributed by atoms with E-state index < -0.39 is 0 Å². The molecule has 0 nitrogen and oxygen atoms in total. The number of thiophene rings is 5. The van der Waals surface area contributed by atoms with Crippen LogP contribution in [0.25, 0.3) is 28.2 Å². The minimum Gasteiger partial charge on any atom is -0.139 e. The average Bonchev–Trinajstić information content (AvgIpc) is 3.35. The molecule has 0 saturated carbocycles. The molecule has 5 rings (SSSR count). The van der Waals surface area contributed by atoms with Gasteiger partial charge in [0.15, 0.2) is 0 Å². The normalized spacial score (nSPS) is 11.7. The summed E-state index contributed by atoms with van der Waals surface area (Å²) >= 11 is 9.77. The van der Waals surface area contributed by atoms with Crippen LogP contribution in [-0.4, -0.2) is 0 Å². The van der Waals surface area contributed by atoms with Crippen LogP contribution in [-0.2, 0) is 0 Å². The van der Waals surface area contributed by atoms with Crippen LogP contribution in [0.2, 0.25) is 0 Å². The molecule has 5 heterocycles. The zero-order valence-electron chi connectivity index (χ0n) is 17.0. The highest BCUT2D eigenvalue weighted by atomic mass is 32.1. The van der Waals surface area contributed by atoms with Crippen molar-refractivity contribution in [2.75, 3.05) is 0 Å². The third-order valence-electron chi connectivity index (χ3n) is 5.52. The Balaban J connectivity index is 0.000000137. The molecule has 27 heavy (non-hydrogen) atoms. The molecule has 0 bridgehead atoms. The molecule has 0 aliphatic rings. The fourth-order valence-electron chi connectivity index (χ4n) is 3.22. The highest BCUT2D eigenvalue weighted by Crippen LogP contribution is 2.47. The van der Waals surface area contributed by atoms with Gasteiger partial charge in [0, 0.05) is 28.9 Å². The molecule has 0 aliphatic heterocycles. The highest BCUT2D eigenvalue weighted by Gasteiger charge is 2.16. The van der Waals surface area contributed by atoms with Gasteiger partial charge in [0.1, 0.15) is 0 Å². The predicted molar refractivity (Wildman–Crippen MR) is 133 cm³/mol. The van der Waals surface area contributed by atoms with E-state index >= 15 is 0 Å². The van der Waals surface area contributed by atoms with E-state index in [1.807, 2.05) is 56.7 Å². The lowest BCUT2D eigenvalue weighted by Crippen LogP contribution is -1.66. The van der Waals surface area contributed by atoms with Crippen molar-refractivity contribution in [1.29, 1.82) is 0 Å². The second-order valence-corrected chi connectivity index (χ2v) is 13.1. The maximum atomic E-state index is 2.25. The molecule has 0 radical (unpaired) electrons. The van der Waals surface area contributed by atoms with Crippen molar-refractivity contribution in [2.45, 2.75) is 55.4 Å². The van der Waals surface area contributed by atoms with E-state index in [1.165, 1.54) is 70.0 Å². The van der Waals surface area contributed by atoms with Crippen LogP contribution in [0.5, 0.6) is 0 Å². The summed E-state index contributed by atoms with van der Waals surface area (Å²) in [6, 6.07) is 0. The topological polar surface area (TPSA) is 0 Å². The van der Waals surface area contributed by atoms with Gasteiger partial charge in [0.25, 0.3) is 0 Å². The molecule has 0 fully saturated rings. The first-order valence-corrected chi connectivity index (χ1v) is 13.1. The Kier molecular flexibility index (Phi) is 5.05. The van der Waals surface area contributed by atoms with Crippen molar-refractivity contribution in [3.63, 3.8) is 0 Å². The molecule has 142 valence electrons.